The summed E-state index contributed by atoms with van der Waals surface area (Å²) in [6.07, 6.45) is 5.52. The third-order valence-corrected chi connectivity index (χ3v) is 2.35. The van der Waals surface area contributed by atoms with Gasteiger partial charge in [-0.2, -0.15) is 0 Å². The average molecular weight is 251 g/mol. The van der Waals surface area contributed by atoms with Crippen LogP contribution in [0.2, 0.25) is 5.15 Å². The molecular formula is C11H11ClN4O. The van der Waals surface area contributed by atoms with Crippen molar-refractivity contribution >= 4 is 23.3 Å². The molecule has 17 heavy (non-hydrogen) atoms. The summed E-state index contributed by atoms with van der Waals surface area (Å²) in [5.41, 5.74) is 0. The number of nitrogens with zero attached hydrogens (tertiary/aromatic N) is 3. The van der Waals surface area contributed by atoms with E-state index in [9.17, 15) is 4.79 Å². The standard InChI is InChI=1S/C11H11ClN4O/c12-9-2-1-3-10(14-9)15-11(17)4-6-16-7-5-13-8-16/h1-3,5,7-8H,4,6H2,(H,14,15,17). The van der Waals surface area contributed by atoms with Crippen LogP contribution in [0.1, 0.15) is 6.42 Å². The van der Waals surface area contributed by atoms with Gasteiger partial charge in [0.25, 0.3) is 0 Å². The number of aromatic nitrogens is 3. The first-order chi connectivity index (χ1) is 8.24. The number of nitrogens with one attached hydrogen (secondary N) is 1. The molecule has 2 aromatic heterocycles. The van der Waals surface area contributed by atoms with E-state index in [1.54, 1.807) is 30.7 Å². The highest BCUT2D eigenvalue weighted by atomic mass is 35.5. The second-order valence-electron chi connectivity index (χ2n) is 3.44. The minimum absolute atomic E-state index is 0.103. The molecule has 1 N–H and O–H groups in total. The Morgan fingerprint density at radius 2 is 2.35 bits per heavy atom. The predicted molar refractivity (Wildman–Crippen MR) is 64.7 cm³/mol. The van der Waals surface area contributed by atoms with E-state index in [1.165, 1.54) is 0 Å². The Balaban J connectivity index is 1.85. The molecule has 0 saturated carbocycles. The lowest BCUT2D eigenvalue weighted by atomic mass is 10.4. The molecule has 0 aliphatic rings. The zero-order valence-electron chi connectivity index (χ0n) is 9.01. The van der Waals surface area contributed by atoms with Crippen LogP contribution in [0.15, 0.2) is 36.9 Å². The van der Waals surface area contributed by atoms with Crippen molar-refractivity contribution in [3.8, 4) is 0 Å². The topological polar surface area (TPSA) is 59.8 Å². The maximum Gasteiger partial charge on any atom is 0.227 e. The van der Waals surface area contributed by atoms with E-state index in [0.29, 0.717) is 23.9 Å². The fourth-order valence-corrected chi connectivity index (χ4v) is 1.50. The van der Waals surface area contributed by atoms with Crippen LogP contribution in [0.5, 0.6) is 0 Å². The molecule has 0 radical (unpaired) electrons. The van der Waals surface area contributed by atoms with Crippen LogP contribution in [0.3, 0.4) is 0 Å². The Morgan fingerprint density at radius 3 is 3.06 bits per heavy atom. The van der Waals surface area contributed by atoms with Crippen molar-refractivity contribution in [1.29, 1.82) is 0 Å². The third kappa shape index (κ3) is 3.57. The van der Waals surface area contributed by atoms with Gasteiger partial charge in [-0.25, -0.2) is 9.97 Å². The van der Waals surface area contributed by atoms with Gasteiger partial charge in [0.15, 0.2) is 0 Å². The van der Waals surface area contributed by atoms with Crippen molar-refractivity contribution in [2.24, 2.45) is 0 Å². The number of halogens is 1. The maximum atomic E-state index is 11.6. The van der Waals surface area contributed by atoms with Crippen molar-refractivity contribution in [2.75, 3.05) is 5.32 Å². The van der Waals surface area contributed by atoms with Gasteiger partial charge in [-0.3, -0.25) is 4.79 Å². The number of hydrogen-bond donors (Lipinski definition) is 1. The SMILES string of the molecule is O=C(CCn1ccnc1)Nc1cccc(Cl)n1. The molecule has 2 heterocycles. The molecule has 0 aliphatic carbocycles. The first kappa shape index (κ1) is 11.6. The lowest BCUT2D eigenvalue weighted by Gasteiger charge is -2.04. The first-order valence-electron chi connectivity index (χ1n) is 5.12. The molecule has 0 saturated heterocycles. The van der Waals surface area contributed by atoms with Crippen molar-refractivity contribution in [3.63, 3.8) is 0 Å². The Hall–Kier alpha value is -1.88. The molecule has 0 aromatic carbocycles. The second-order valence-corrected chi connectivity index (χ2v) is 3.83. The molecule has 5 nitrogen and oxygen atoms in total. The van der Waals surface area contributed by atoms with Crippen LogP contribution in [-0.4, -0.2) is 20.4 Å². The Labute approximate surface area is 103 Å². The van der Waals surface area contributed by atoms with Crippen LogP contribution < -0.4 is 5.32 Å². The van der Waals surface area contributed by atoms with Crippen molar-refractivity contribution in [3.05, 3.63) is 42.1 Å². The van der Waals surface area contributed by atoms with Crippen LogP contribution in [0.25, 0.3) is 0 Å². The zero-order valence-corrected chi connectivity index (χ0v) is 9.76. The Bertz CT molecular complexity index is 498. The molecular weight excluding hydrogens is 240 g/mol. The van der Waals surface area contributed by atoms with Gasteiger partial charge in [-0.1, -0.05) is 17.7 Å². The van der Waals surface area contributed by atoms with E-state index < -0.39 is 0 Å². The molecule has 0 atom stereocenters. The average Bonchev–Trinajstić information content (AvgIpc) is 2.79. The van der Waals surface area contributed by atoms with Crippen LogP contribution >= 0.6 is 11.6 Å². The van der Waals surface area contributed by atoms with E-state index in [2.05, 4.69) is 15.3 Å². The van der Waals surface area contributed by atoms with Crippen LogP contribution in [0, 0.1) is 0 Å². The molecule has 88 valence electrons. The molecule has 2 aromatic rings. The zero-order chi connectivity index (χ0) is 12.1. The molecule has 1 amide bonds. The Morgan fingerprint density at radius 1 is 1.47 bits per heavy atom. The molecule has 2 rings (SSSR count). The number of aryl methyl sites for hydroxylation is 1. The summed E-state index contributed by atoms with van der Waals surface area (Å²) in [5.74, 6) is 0.363. The summed E-state index contributed by atoms with van der Waals surface area (Å²) in [4.78, 5) is 19.5. The fraction of sp³-hybridized carbons (Fsp3) is 0.182. The molecule has 0 unspecified atom stereocenters. The van der Waals surface area contributed by atoms with E-state index >= 15 is 0 Å². The molecule has 0 spiro atoms. The van der Waals surface area contributed by atoms with Crippen molar-refractivity contribution in [2.45, 2.75) is 13.0 Å². The third-order valence-electron chi connectivity index (χ3n) is 2.14. The van der Waals surface area contributed by atoms with Gasteiger partial charge in [0.1, 0.15) is 11.0 Å². The number of imidazole rings is 1. The lowest BCUT2D eigenvalue weighted by Crippen LogP contribution is -2.14. The van der Waals surface area contributed by atoms with E-state index in [0.717, 1.165) is 0 Å². The van der Waals surface area contributed by atoms with Gasteiger partial charge in [-0.05, 0) is 12.1 Å². The normalized spacial score (nSPS) is 10.2. The van der Waals surface area contributed by atoms with E-state index in [4.69, 9.17) is 11.6 Å². The fourth-order valence-electron chi connectivity index (χ4n) is 1.33. The minimum atomic E-state index is -0.103. The molecule has 0 bridgehead atoms. The van der Waals surface area contributed by atoms with Crippen molar-refractivity contribution < 1.29 is 4.79 Å². The van der Waals surface area contributed by atoms with Gasteiger partial charge >= 0.3 is 0 Å². The summed E-state index contributed by atoms with van der Waals surface area (Å²) in [5, 5.41) is 3.04. The number of amides is 1. The van der Waals surface area contributed by atoms with Gasteiger partial charge in [0, 0.05) is 25.4 Å². The smallest absolute Gasteiger partial charge is 0.227 e. The minimum Gasteiger partial charge on any atom is -0.337 e. The lowest BCUT2D eigenvalue weighted by molar-refractivity contribution is -0.116. The monoisotopic (exact) mass is 250 g/mol. The van der Waals surface area contributed by atoms with Gasteiger partial charge in [0.05, 0.1) is 6.33 Å². The number of carbonyl (C=O) groups excluding carboxylic acids is 1. The highest BCUT2D eigenvalue weighted by Crippen LogP contribution is 2.09. The highest BCUT2D eigenvalue weighted by Gasteiger charge is 2.03. The summed E-state index contributed by atoms with van der Waals surface area (Å²) < 4.78 is 1.84. The number of carbonyl (C=O) groups is 1. The quantitative estimate of drug-likeness (QED) is 0.844. The maximum absolute atomic E-state index is 11.6. The van der Waals surface area contributed by atoms with Crippen LogP contribution in [0.4, 0.5) is 5.82 Å². The number of anilines is 1. The number of hydrogen-bond acceptors (Lipinski definition) is 3. The van der Waals surface area contributed by atoms with E-state index in [-0.39, 0.29) is 5.91 Å². The first-order valence-corrected chi connectivity index (χ1v) is 5.50. The number of rotatable bonds is 4. The predicted octanol–water partition coefficient (Wildman–Crippen LogP) is 1.96. The Kier molecular flexibility index (Phi) is 3.72. The van der Waals surface area contributed by atoms with E-state index in [1.807, 2.05) is 10.8 Å². The summed E-state index contributed by atoms with van der Waals surface area (Å²) in [6, 6.07) is 5.09. The summed E-state index contributed by atoms with van der Waals surface area (Å²) in [6.45, 7) is 0.590. The molecule has 0 aliphatic heterocycles. The summed E-state index contributed by atoms with van der Waals surface area (Å²) in [7, 11) is 0. The van der Waals surface area contributed by atoms with Crippen LogP contribution in [-0.2, 0) is 11.3 Å². The number of pyridine rings is 1. The summed E-state index contributed by atoms with van der Waals surface area (Å²) >= 11 is 5.71. The molecule has 0 fully saturated rings. The van der Waals surface area contributed by atoms with Gasteiger partial charge in [0.2, 0.25) is 5.91 Å². The van der Waals surface area contributed by atoms with Gasteiger partial charge < -0.3 is 9.88 Å². The van der Waals surface area contributed by atoms with Crippen molar-refractivity contribution in [1.82, 2.24) is 14.5 Å². The second kappa shape index (κ2) is 5.45. The molecule has 6 heteroatoms. The highest BCUT2D eigenvalue weighted by molar-refractivity contribution is 6.29. The largest absolute Gasteiger partial charge is 0.337 e. The van der Waals surface area contributed by atoms with Gasteiger partial charge in [-0.15, -0.1) is 0 Å².